The second kappa shape index (κ2) is 6.78. The number of carboxylic acids is 1. The predicted molar refractivity (Wildman–Crippen MR) is 77.6 cm³/mol. The zero-order valence-corrected chi connectivity index (χ0v) is 11.2. The fraction of sp³-hybridized carbons (Fsp3) is 0.312. The number of fused-ring (bicyclic) bond motifs is 1. The summed E-state index contributed by atoms with van der Waals surface area (Å²) in [7, 11) is 0. The first-order valence-corrected chi connectivity index (χ1v) is 6.60. The molecule has 2 aromatic rings. The molecule has 0 unspecified atom stereocenters. The van der Waals surface area contributed by atoms with E-state index in [1.807, 2.05) is 12.1 Å². The zero-order chi connectivity index (χ0) is 14.4. The van der Waals surface area contributed by atoms with Gasteiger partial charge in [0.1, 0.15) is 5.58 Å². The number of hydrogen-bond donors (Lipinski definition) is 2. The standard InChI is InChI=1S/C16H17NO3/c1-2-3-4-5-8-17-11-12-6-7-14-13(9-12)10-15(20-14)16(18)19/h1,6-7,9-10,17H,3-5,8,11H2,(H,18,19). The van der Waals surface area contributed by atoms with Crippen LogP contribution in [0.1, 0.15) is 35.4 Å². The van der Waals surface area contributed by atoms with Crippen molar-refractivity contribution in [3.05, 3.63) is 35.6 Å². The summed E-state index contributed by atoms with van der Waals surface area (Å²) < 4.78 is 5.22. The Balaban J connectivity index is 1.91. The van der Waals surface area contributed by atoms with Crippen molar-refractivity contribution in [1.82, 2.24) is 5.32 Å². The van der Waals surface area contributed by atoms with E-state index < -0.39 is 5.97 Å². The van der Waals surface area contributed by atoms with Gasteiger partial charge in [0.15, 0.2) is 0 Å². The summed E-state index contributed by atoms with van der Waals surface area (Å²) in [5.74, 6) is 1.55. The molecule has 0 radical (unpaired) electrons. The van der Waals surface area contributed by atoms with Crippen LogP contribution < -0.4 is 5.32 Å². The molecule has 2 rings (SSSR count). The average Bonchev–Trinajstić information content (AvgIpc) is 2.86. The molecule has 1 aromatic heterocycles. The first-order chi connectivity index (χ1) is 9.70. The van der Waals surface area contributed by atoms with Crippen LogP contribution in [0.25, 0.3) is 11.0 Å². The third kappa shape index (κ3) is 3.62. The van der Waals surface area contributed by atoms with Gasteiger partial charge in [0.05, 0.1) is 0 Å². The van der Waals surface area contributed by atoms with E-state index >= 15 is 0 Å². The van der Waals surface area contributed by atoms with E-state index in [1.54, 1.807) is 12.1 Å². The summed E-state index contributed by atoms with van der Waals surface area (Å²) in [6, 6.07) is 7.23. The normalized spacial score (nSPS) is 10.6. The van der Waals surface area contributed by atoms with Crippen molar-refractivity contribution in [2.75, 3.05) is 6.54 Å². The Labute approximate surface area is 117 Å². The van der Waals surface area contributed by atoms with Crippen LogP contribution in [0.5, 0.6) is 0 Å². The van der Waals surface area contributed by atoms with Gasteiger partial charge in [0.2, 0.25) is 5.76 Å². The van der Waals surface area contributed by atoms with Gasteiger partial charge in [-0.3, -0.25) is 0 Å². The Morgan fingerprint density at radius 1 is 1.35 bits per heavy atom. The Bertz CT molecular complexity index is 637. The molecule has 0 saturated carbocycles. The van der Waals surface area contributed by atoms with Crippen LogP contribution in [-0.4, -0.2) is 17.6 Å². The van der Waals surface area contributed by atoms with E-state index in [-0.39, 0.29) is 5.76 Å². The number of unbranched alkanes of at least 4 members (excludes halogenated alkanes) is 2. The number of nitrogens with one attached hydrogen (secondary N) is 1. The second-order valence-corrected chi connectivity index (χ2v) is 4.63. The topological polar surface area (TPSA) is 62.5 Å². The highest BCUT2D eigenvalue weighted by molar-refractivity contribution is 5.91. The van der Waals surface area contributed by atoms with E-state index in [1.165, 1.54) is 0 Å². The molecule has 0 amide bonds. The van der Waals surface area contributed by atoms with Crippen LogP contribution in [-0.2, 0) is 6.54 Å². The van der Waals surface area contributed by atoms with Gasteiger partial charge in [0, 0.05) is 18.4 Å². The number of furan rings is 1. The number of carboxylic acid groups (broad SMARTS) is 1. The van der Waals surface area contributed by atoms with Gasteiger partial charge in [-0.25, -0.2) is 4.79 Å². The molecule has 0 aliphatic carbocycles. The molecule has 20 heavy (non-hydrogen) atoms. The van der Waals surface area contributed by atoms with Crippen LogP contribution in [0.2, 0.25) is 0 Å². The van der Waals surface area contributed by atoms with E-state index in [9.17, 15) is 4.79 Å². The summed E-state index contributed by atoms with van der Waals surface area (Å²) in [6.07, 6.45) is 8.10. The third-order valence-corrected chi connectivity index (χ3v) is 3.05. The highest BCUT2D eigenvalue weighted by Crippen LogP contribution is 2.20. The Morgan fingerprint density at radius 2 is 2.20 bits per heavy atom. The molecular weight excluding hydrogens is 254 g/mol. The third-order valence-electron chi connectivity index (χ3n) is 3.05. The van der Waals surface area contributed by atoms with Gasteiger partial charge < -0.3 is 14.8 Å². The Morgan fingerprint density at radius 3 is 2.95 bits per heavy atom. The molecule has 1 heterocycles. The van der Waals surface area contributed by atoms with Crippen molar-refractivity contribution in [1.29, 1.82) is 0 Å². The number of aromatic carboxylic acids is 1. The summed E-state index contributed by atoms with van der Waals surface area (Å²) in [5, 5.41) is 13.0. The molecule has 0 fully saturated rings. The van der Waals surface area contributed by atoms with Crippen molar-refractivity contribution in [2.45, 2.75) is 25.8 Å². The fourth-order valence-electron chi connectivity index (χ4n) is 2.02. The van der Waals surface area contributed by atoms with E-state index in [0.29, 0.717) is 5.58 Å². The van der Waals surface area contributed by atoms with E-state index in [4.69, 9.17) is 15.9 Å². The molecule has 1 aromatic carbocycles. The maximum atomic E-state index is 10.8. The van der Waals surface area contributed by atoms with Crippen LogP contribution >= 0.6 is 0 Å². The number of terminal acetylenes is 1. The highest BCUT2D eigenvalue weighted by atomic mass is 16.4. The monoisotopic (exact) mass is 271 g/mol. The van der Waals surface area contributed by atoms with Crippen molar-refractivity contribution >= 4 is 16.9 Å². The highest BCUT2D eigenvalue weighted by Gasteiger charge is 2.10. The van der Waals surface area contributed by atoms with Gasteiger partial charge in [-0.2, -0.15) is 0 Å². The molecule has 0 aliphatic heterocycles. The molecule has 4 nitrogen and oxygen atoms in total. The van der Waals surface area contributed by atoms with Crippen molar-refractivity contribution in [3.63, 3.8) is 0 Å². The lowest BCUT2D eigenvalue weighted by Crippen LogP contribution is -2.14. The maximum absolute atomic E-state index is 10.8. The van der Waals surface area contributed by atoms with Crippen LogP contribution in [0.3, 0.4) is 0 Å². The van der Waals surface area contributed by atoms with Gasteiger partial charge in [-0.15, -0.1) is 12.3 Å². The molecule has 2 N–H and O–H groups in total. The SMILES string of the molecule is C#CCCCCNCc1ccc2oc(C(=O)O)cc2c1. The molecule has 0 bridgehead atoms. The van der Waals surface area contributed by atoms with E-state index in [2.05, 4.69) is 11.2 Å². The molecule has 104 valence electrons. The number of rotatable bonds is 7. The van der Waals surface area contributed by atoms with E-state index in [0.717, 1.165) is 43.3 Å². The Kier molecular flexibility index (Phi) is 4.80. The minimum absolute atomic E-state index is 0.0283. The van der Waals surface area contributed by atoms with Gasteiger partial charge in [-0.1, -0.05) is 6.07 Å². The summed E-state index contributed by atoms with van der Waals surface area (Å²) in [4.78, 5) is 10.8. The van der Waals surface area contributed by atoms with Crippen molar-refractivity contribution in [3.8, 4) is 12.3 Å². The lowest BCUT2D eigenvalue weighted by atomic mass is 10.1. The predicted octanol–water partition coefficient (Wildman–Crippen LogP) is 3.02. The quantitative estimate of drug-likeness (QED) is 0.600. The Hall–Kier alpha value is -2.25. The second-order valence-electron chi connectivity index (χ2n) is 4.63. The van der Waals surface area contributed by atoms with Crippen molar-refractivity contribution in [2.24, 2.45) is 0 Å². The lowest BCUT2D eigenvalue weighted by molar-refractivity contribution is 0.0665. The lowest BCUT2D eigenvalue weighted by Gasteiger charge is -2.04. The molecule has 0 saturated heterocycles. The molecule has 0 spiro atoms. The maximum Gasteiger partial charge on any atom is 0.371 e. The largest absolute Gasteiger partial charge is 0.475 e. The first kappa shape index (κ1) is 14.2. The van der Waals surface area contributed by atoms with Gasteiger partial charge >= 0.3 is 5.97 Å². The van der Waals surface area contributed by atoms with Crippen molar-refractivity contribution < 1.29 is 14.3 Å². The summed E-state index contributed by atoms with van der Waals surface area (Å²) in [6.45, 7) is 1.67. The van der Waals surface area contributed by atoms with Crippen LogP contribution in [0.4, 0.5) is 0 Å². The minimum Gasteiger partial charge on any atom is -0.475 e. The molecular formula is C16H17NO3. The number of benzene rings is 1. The summed E-state index contributed by atoms with van der Waals surface area (Å²) >= 11 is 0. The van der Waals surface area contributed by atoms with Crippen LogP contribution in [0.15, 0.2) is 28.7 Å². The number of carbonyl (C=O) groups is 1. The zero-order valence-electron chi connectivity index (χ0n) is 11.2. The number of hydrogen-bond acceptors (Lipinski definition) is 3. The minimum atomic E-state index is -1.05. The summed E-state index contributed by atoms with van der Waals surface area (Å²) in [5.41, 5.74) is 1.70. The molecule has 0 atom stereocenters. The molecule has 4 heteroatoms. The fourth-order valence-corrected chi connectivity index (χ4v) is 2.02. The van der Waals surface area contributed by atoms with Gasteiger partial charge in [-0.05, 0) is 43.1 Å². The van der Waals surface area contributed by atoms with Gasteiger partial charge in [0.25, 0.3) is 0 Å². The van der Waals surface area contributed by atoms with Crippen LogP contribution in [0, 0.1) is 12.3 Å². The first-order valence-electron chi connectivity index (χ1n) is 6.60. The average molecular weight is 271 g/mol. The smallest absolute Gasteiger partial charge is 0.371 e. The molecule has 0 aliphatic rings.